The minimum absolute atomic E-state index is 0.310. The lowest BCUT2D eigenvalue weighted by molar-refractivity contribution is -0.170. The van der Waals surface area contributed by atoms with Gasteiger partial charge in [0.2, 0.25) is 0 Å². The van der Waals surface area contributed by atoms with Crippen molar-refractivity contribution < 1.29 is 24.5 Å². The largest absolute Gasteiger partial charge is 0.386 e. The van der Waals surface area contributed by atoms with Crippen molar-refractivity contribution in [2.24, 2.45) is 34.5 Å². The van der Waals surface area contributed by atoms with Crippen LogP contribution >= 0.6 is 0 Å². The number of aliphatic hydroxyl groups excluding tert-OH is 2. The van der Waals surface area contributed by atoms with Gasteiger partial charge in [-0.25, -0.2) is 0 Å². The second-order valence-electron chi connectivity index (χ2n) is 11.9. The number of carbonyl (C=O) groups is 2. The SMILES string of the molecule is C=C1CCC(C)C(C)(C)C1C(OC(C(=O)C(C)O)C1C(=C)CCC(C)C1(C)C)C(=O)C(C)O. The summed E-state index contributed by atoms with van der Waals surface area (Å²) in [7, 11) is 0. The summed E-state index contributed by atoms with van der Waals surface area (Å²) in [4.78, 5) is 26.8. The Kier molecular flexibility index (Phi) is 8.58. The number of rotatable bonds is 8. The molecule has 2 aliphatic rings. The van der Waals surface area contributed by atoms with Gasteiger partial charge in [-0.3, -0.25) is 9.59 Å². The molecule has 0 amide bonds. The maximum atomic E-state index is 13.4. The van der Waals surface area contributed by atoms with E-state index in [0.29, 0.717) is 11.8 Å². The maximum Gasteiger partial charge on any atom is 0.190 e. The van der Waals surface area contributed by atoms with Gasteiger partial charge in [-0.05, 0) is 62.2 Å². The monoisotopic (exact) mass is 462 g/mol. The summed E-state index contributed by atoms with van der Waals surface area (Å²) < 4.78 is 6.54. The van der Waals surface area contributed by atoms with Crippen LogP contribution in [0.3, 0.4) is 0 Å². The summed E-state index contributed by atoms with van der Waals surface area (Å²) in [5.41, 5.74) is 1.20. The molecule has 8 unspecified atom stereocenters. The zero-order chi connectivity index (χ0) is 25.5. The van der Waals surface area contributed by atoms with Crippen LogP contribution in [0.1, 0.15) is 81.1 Å². The molecule has 8 atom stereocenters. The number of ether oxygens (including phenoxy) is 1. The fourth-order valence-corrected chi connectivity index (χ4v) is 5.99. The summed E-state index contributed by atoms with van der Waals surface area (Å²) in [5, 5.41) is 20.6. The number of hydrogen-bond acceptors (Lipinski definition) is 5. The molecule has 2 rings (SSSR count). The van der Waals surface area contributed by atoms with E-state index < -0.39 is 36.0 Å². The van der Waals surface area contributed by atoms with Gasteiger partial charge in [-0.2, -0.15) is 0 Å². The molecule has 0 radical (unpaired) electrons. The van der Waals surface area contributed by atoms with Crippen LogP contribution in [0.25, 0.3) is 0 Å². The minimum atomic E-state index is -1.24. The highest BCUT2D eigenvalue weighted by Crippen LogP contribution is 2.52. The summed E-state index contributed by atoms with van der Waals surface area (Å²) in [6, 6.07) is 0. The standard InChI is InChI=1S/C28H46O5/c1-15-11-13-17(3)27(7,8)21(15)25(23(31)19(5)29)33-26(24(32)20(6)30)22-16(2)12-14-18(4)28(22,9)10/h17-22,25-26,29-30H,1-2,11-14H2,3-10H3. The van der Waals surface area contributed by atoms with E-state index in [2.05, 4.69) is 54.7 Å². The molecule has 2 aliphatic carbocycles. The fourth-order valence-electron chi connectivity index (χ4n) is 5.99. The van der Waals surface area contributed by atoms with E-state index in [1.807, 2.05) is 0 Å². The van der Waals surface area contributed by atoms with Crippen molar-refractivity contribution in [2.75, 3.05) is 0 Å². The van der Waals surface area contributed by atoms with Crippen LogP contribution in [0.4, 0.5) is 0 Å². The van der Waals surface area contributed by atoms with Crippen LogP contribution < -0.4 is 0 Å². The molecule has 2 fully saturated rings. The van der Waals surface area contributed by atoms with Gasteiger partial charge in [0.05, 0.1) is 0 Å². The molecule has 5 heteroatoms. The van der Waals surface area contributed by atoms with Crippen molar-refractivity contribution >= 4 is 11.6 Å². The van der Waals surface area contributed by atoms with E-state index in [0.717, 1.165) is 36.8 Å². The third-order valence-electron chi connectivity index (χ3n) is 9.10. The lowest BCUT2D eigenvalue weighted by atomic mass is 9.58. The molecule has 0 aromatic carbocycles. The Morgan fingerprint density at radius 1 is 0.818 bits per heavy atom. The third kappa shape index (κ3) is 5.36. The Hall–Kier alpha value is -1.30. The topological polar surface area (TPSA) is 83.8 Å². The van der Waals surface area contributed by atoms with Crippen molar-refractivity contribution in [1.82, 2.24) is 0 Å². The van der Waals surface area contributed by atoms with Crippen molar-refractivity contribution in [3.63, 3.8) is 0 Å². The smallest absolute Gasteiger partial charge is 0.190 e. The van der Waals surface area contributed by atoms with E-state index in [1.165, 1.54) is 13.8 Å². The zero-order valence-corrected chi connectivity index (χ0v) is 22.0. The lowest BCUT2D eigenvalue weighted by Crippen LogP contribution is -2.55. The van der Waals surface area contributed by atoms with Gasteiger partial charge in [-0.15, -0.1) is 0 Å². The summed E-state index contributed by atoms with van der Waals surface area (Å²) in [6.07, 6.45) is -1.03. The molecule has 0 heterocycles. The van der Waals surface area contributed by atoms with E-state index in [1.54, 1.807) is 0 Å². The predicted molar refractivity (Wildman–Crippen MR) is 132 cm³/mol. The van der Waals surface area contributed by atoms with Gasteiger partial charge in [0, 0.05) is 11.8 Å². The first-order chi connectivity index (χ1) is 15.0. The van der Waals surface area contributed by atoms with E-state index in [9.17, 15) is 19.8 Å². The Morgan fingerprint density at radius 3 is 1.39 bits per heavy atom. The van der Waals surface area contributed by atoms with Crippen LogP contribution in [-0.4, -0.2) is 46.2 Å². The predicted octanol–water partition coefficient (Wildman–Crippen LogP) is 4.90. The van der Waals surface area contributed by atoms with Gasteiger partial charge in [0.15, 0.2) is 11.6 Å². The lowest BCUT2D eigenvalue weighted by Gasteiger charge is -2.51. The molecular weight excluding hydrogens is 416 g/mol. The Bertz CT molecular complexity index is 711. The Balaban J connectivity index is 2.61. The zero-order valence-electron chi connectivity index (χ0n) is 22.0. The van der Waals surface area contributed by atoms with Crippen LogP contribution in [0.2, 0.25) is 0 Å². The number of carbonyl (C=O) groups excluding carboxylic acids is 2. The molecule has 0 bridgehead atoms. The van der Waals surface area contributed by atoms with Crippen LogP contribution in [0.5, 0.6) is 0 Å². The van der Waals surface area contributed by atoms with Gasteiger partial charge >= 0.3 is 0 Å². The summed E-state index contributed by atoms with van der Waals surface area (Å²) >= 11 is 0. The first kappa shape index (κ1) is 27.9. The van der Waals surface area contributed by atoms with Crippen molar-refractivity contribution in [3.8, 4) is 0 Å². The summed E-state index contributed by atoms with van der Waals surface area (Å²) in [5.74, 6) is -0.950. The molecule has 188 valence electrons. The highest BCUT2D eigenvalue weighted by atomic mass is 16.5. The number of aliphatic hydroxyl groups is 2. The second-order valence-corrected chi connectivity index (χ2v) is 11.9. The molecule has 0 aromatic heterocycles. The van der Waals surface area contributed by atoms with E-state index in [-0.39, 0.29) is 22.7 Å². The molecule has 2 N–H and O–H groups in total. The first-order valence-electron chi connectivity index (χ1n) is 12.5. The molecule has 33 heavy (non-hydrogen) atoms. The van der Waals surface area contributed by atoms with Gasteiger partial charge < -0.3 is 14.9 Å². The second kappa shape index (κ2) is 10.1. The number of hydrogen-bond donors (Lipinski definition) is 2. The Morgan fingerprint density at radius 2 is 1.12 bits per heavy atom. The van der Waals surface area contributed by atoms with Crippen LogP contribution in [0.15, 0.2) is 24.3 Å². The van der Waals surface area contributed by atoms with Gasteiger partial charge in [0.25, 0.3) is 0 Å². The fraction of sp³-hybridized carbons (Fsp3) is 0.786. The molecule has 2 saturated carbocycles. The average molecular weight is 463 g/mol. The van der Waals surface area contributed by atoms with Crippen molar-refractivity contribution in [1.29, 1.82) is 0 Å². The molecule has 0 spiro atoms. The summed E-state index contributed by atoms with van der Waals surface area (Å²) in [6.45, 7) is 24.2. The minimum Gasteiger partial charge on any atom is -0.386 e. The molecule has 0 aromatic rings. The number of Topliss-reactive ketones (excluding diaryl/α,β-unsaturated/α-hetero) is 2. The molecular formula is C28H46O5. The molecule has 0 aliphatic heterocycles. The van der Waals surface area contributed by atoms with Crippen molar-refractivity contribution in [3.05, 3.63) is 24.3 Å². The quantitative estimate of drug-likeness (QED) is 0.502. The first-order valence-corrected chi connectivity index (χ1v) is 12.5. The Labute approximate surface area is 200 Å². The number of ketones is 2. The van der Waals surface area contributed by atoms with Gasteiger partial charge in [0.1, 0.15) is 24.4 Å². The maximum absolute atomic E-state index is 13.4. The van der Waals surface area contributed by atoms with E-state index >= 15 is 0 Å². The molecule has 0 saturated heterocycles. The van der Waals surface area contributed by atoms with Gasteiger partial charge in [-0.1, -0.05) is 65.8 Å². The average Bonchev–Trinajstić information content (AvgIpc) is 2.70. The van der Waals surface area contributed by atoms with E-state index in [4.69, 9.17) is 4.74 Å². The van der Waals surface area contributed by atoms with Crippen LogP contribution in [-0.2, 0) is 14.3 Å². The van der Waals surface area contributed by atoms with Crippen molar-refractivity contribution in [2.45, 2.75) is 105 Å². The van der Waals surface area contributed by atoms with Crippen LogP contribution in [0, 0.1) is 34.5 Å². The highest BCUT2D eigenvalue weighted by Gasteiger charge is 2.52. The highest BCUT2D eigenvalue weighted by molar-refractivity contribution is 5.90. The molecule has 5 nitrogen and oxygen atoms in total. The normalized spacial score (nSPS) is 33.2. The third-order valence-corrected chi connectivity index (χ3v) is 9.10.